The number of aliphatic hydroxyl groups is 2. The molecule has 0 aromatic carbocycles. The molecule has 0 spiro atoms. The zero-order chi connectivity index (χ0) is 9.14. The summed E-state index contributed by atoms with van der Waals surface area (Å²) in [5, 5.41) is 23.3. The molecule has 2 aliphatic rings. The first-order valence-electron chi connectivity index (χ1n) is 4.44. The van der Waals surface area contributed by atoms with E-state index in [-0.39, 0.29) is 37.0 Å². The van der Waals surface area contributed by atoms with Crippen LogP contribution in [0.5, 0.6) is 0 Å². The molecule has 4 nitrogen and oxygen atoms in total. The minimum absolute atomic E-state index is 0. The number of hydrogen-bond donors (Lipinski definition) is 4. The van der Waals surface area contributed by atoms with Crippen molar-refractivity contribution < 1.29 is 10.2 Å². The predicted octanol–water partition coefficient (Wildman–Crippen LogP) is -0.478. The molecular formula is C8H20Cl2N2O2. The van der Waals surface area contributed by atoms with Crippen LogP contribution in [0, 0.1) is 0 Å². The highest BCUT2D eigenvalue weighted by Crippen LogP contribution is 2.00. The molecule has 88 valence electrons. The Morgan fingerprint density at radius 3 is 1.07 bits per heavy atom. The smallest absolute Gasteiger partial charge is 0.0814 e. The maximum atomic E-state index is 8.65. The van der Waals surface area contributed by atoms with E-state index in [9.17, 15) is 0 Å². The van der Waals surface area contributed by atoms with E-state index in [1.54, 1.807) is 0 Å². The fourth-order valence-electron chi connectivity index (χ4n) is 0.918. The van der Waals surface area contributed by atoms with Crippen LogP contribution in [0.2, 0.25) is 0 Å². The molecule has 2 fully saturated rings. The zero-order valence-corrected chi connectivity index (χ0v) is 10.1. The lowest BCUT2D eigenvalue weighted by atomic mass is 10.1. The second kappa shape index (κ2) is 7.68. The zero-order valence-electron chi connectivity index (χ0n) is 8.43. The predicted molar refractivity (Wildman–Crippen MR) is 61.4 cm³/mol. The van der Waals surface area contributed by atoms with Crippen molar-refractivity contribution >= 4 is 24.8 Å². The number of hydrogen-bond acceptors (Lipinski definition) is 4. The summed E-state index contributed by atoms with van der Waals surface area (Å²) in [7, 11) is 0. The molecule has 4 N–H and O–H groups in total. The summed E-state index contributed by atoms with van der Waals surface area (Å²) in [5.41, 5.74) is 0. The topological polar surface area (TPSA) is 64.5 Å². The lowest BCUT2D eigenvalue weighted by Crippen LogP contribution is -2.55. The molecule has 2 aliphatic heterocycles. The maximum Gasteiger partial charge on any atom is 0.0814 e. The van der Waals surface area contributed by atoms with Gasteiger partial charge in [-0.3, -0.25) is 0 Å². The minimum atomic E-state index is -0.0787. The summed E-state index contributed by atoms with van der Waals surface area (Å²) < 4.78 is 0. The van der Waals surface area contributed by atoms with E-state index in [1.807, 2.05) is 13.8 Å². The van der Waals surface area contributed by atoms with Gasteiger partial charge >= 0.3 is 0 Å². The molecule has 0 unspecified atom stereocenters. The van der Waals surface area contributed by atoms with E-state index in [2.05, 4.69) is 10.6 Å². The largest absolute Gasteiger partial charge is 0.390 e. The van der Waals surface area contributed by atoms with Gasteiger partial charge in [0.2, 0.25) is 0 Å². The Balaban J connectivity index is 0. The summed E-state index contributed by atoms with van der Waals surface area (Å²) >= 11 is 0. The molecule has 0 aliphatic carbocycles. The Hall–Kier alpha value is 0.420. The van der Waals surface area contributed by atoms with Gasteiger partial charge in [0.25, 0.3) is 0 Å². The van der Waals surface area contributed by atoms with Crippen LogP contribution < -0.4 is 10.6 Å². The molecule has 0 saturated carbocycles. The third-order valence-corrected chi connectivity index (χ3v) is 2.45. The Bertz CT molecular complexity index is 119. The Labute approximate surface area is 97.3 Å². The fourth-order valence-corrected chi connectivity index (χ4v) is 0.918. The highest BCUT2D eigenvalue weighted by Gasteiger charge is 2.22. The third-order valence-electron chi connectivity index (χ3n) is 2.45. The highest BCUT2D eigenvalue weighted by molar-refractivity contribution is 5.85. The van der Waals surface area contributed by atoms with Gasteiger partial charge in [-0.1, -0.05) is 0 Å². The number of rotatable bonds is 0. The van der Waals surface area contributed by atoms with E-state index in [0.29, 0.717) is 12.1 Å². The second-order valence-corrected chi connectivity index (χ2v) is 3.53. The lowest BCUT2D eigenvalue weighted by molar-refractivity contribution is 0.0703. The molecule has 2 heterocycles. The van der Waals surface area contributed by atoms with E-state index >= 15 is 0 Å². The first-order chi connectivity index (χ1) is 5.61. The van der Waals surface area contributed by atoms with Crippen molar-refractivity contribution in [2.24, 2.45) is 0 Å². The van der Waals surface area contributed by atoms with E-state index < -0.39 is 0 Å². The van der Waals surface area contributed by atoms with Crippen molar-refractivity contribution in [3.8, 4) is 0 Å². The monoisotopic (exact) mass is 246 g/mol. The standard InChI is InChI=1S/2C4H9NO.2ClH/c2*1-3-4(6)2-5-3;;/h2*3-6H,2H2,1H3;2*1H/t2*3-,4+;;/m10../s1. The summed E-state index contributed by atoms with van der Waals surface area (Å²) in [6.45, 7) is 5.49. The van der Waals surface area contributed by atoms with Crippen molar-refractivity contribution in [1.82, 2.24) is 10.6 Å². The molecule has 4 atom stereocenters. The SMILES string of the molecule is C[C@@H]1NC[C@H]1O.C[C@H]1NC[C@@H]1O.Cl.Cl. The summed E-state index contributed by atoms with van der Waals surface area (Å²) in [6, 6.07) is 0.676. The first kappa shape index (κ1) is 16.8. The van der Waals surface area contributed by atoms with Gasteiger partial charge in [0.15, 0.2) is 0 Å². The molecule has 2 saturated heterocycles. The highest BCUT2D eigenvalue weighted by atomic mass is 35.5. The van der Waals surface area contributed by atoms with E-state index in [1.165, 1.54) is 0 Å². The molecule has 14 heavy (non-hydrogen) atoms. The number of aliphatic hydroxyl groups excluding tert-OH is 2. The quantitative estimate of drug-likeness (QED) is 0.467. The molecule has 6 heteroatoms. The van der Waals surface area contributed by atoms with Crippen LogP contribution in [-0.4, -0.2) is 47.6 Å². The van der Waals surface area contributed by atoms with E-state index in [4.69, 9.17) is 10.2 Å². The Kier molecular flexibility index (Phi) is 9.23. The van der Waals surface area contributed by atoms with Crippen molar-refractivity contribution in [3.63, 3.8) is 0 Å². The average molecular weight is 247 g/mol. The van der Waals surface area contributed by atoms with Gasteiger partial charge in [0.1, 0.15) is 0 Å². The number of halogens is 2. The van der Waals surface area contributed by atoms with Crippen LogP contribution in [0.25, 0.3) is 0 Å². The molecule has 2 rings (SSSR count). The fraction of sp³-hybridized carbons (Fsp3) is 1.00. The molecule has 0 bridgehead atoms. The van der Waals surface area contributed by atoms with Gasteiger partial charge in [-0.2, -0.15) is 0 Å². The van der Waals surface area contributed by atoms with Crippen molar-refractivity contribution in [2.45, 2.75) is 38.1 Å². The van der Waals surface area contributed by atoms with Gasteiger partial charge in [0, 0.05) is 25.2 Å². The van der Waals surface area contributed by atoms with Crippen LogP contribution in [0.15, 0.2) is 0 Å². The number of nitrogens with one attached hydrogen (secondary N) is 2. The van der Waals surface area contributed by atoms with Gasteiger partial charge < -0.3 is 20.8 Å². The number of β-amino-alcohol motifs (C(OH)–C–C–N with tert-alkyl or cyclic N) is 2. The normalized spacial score (nSPS) is 38.6. The molecule has 0 amide bonds. The van der Waals surface area contributed by atoms with Gasteiger partial charge in [-0.15, -0.1) is 24.8 Å². The Morgan fingerprint density at radius 2 is 1.07 bits per heavy atom. The molecule has 0 aromatic heterocycles. The Morgan fingerprint density at radius 1 is 0.857 bits per heavy atom. The molecular weight excluding hydrogens is 227 g/mol. The molecule has 0 aromatic rings. The van der Waals surface area contributed by atoms with Gasteiger partial charge in [0.05, 0.1) is 12.2 Å². The van der Waals surface area contributed by atoms with Crippen molar-refractivity contribution in [3.05, 3.63) is 0 Å². The van der Waals surface area contributed by atoms with Crippen LogP contribution >= 0.6 is 24.8 Å². The second-order valence-electron chi connectivity index (χ2n) is 3.53. The summed E-state index contributed by atoms with van der Waals surface area (Å²) in [6.07, 6.45) is -0.157. The van der Waals surface area contributed by atoms with Crippen LogP contribution in [0.4, 0.5) is 0 Å². The van der Waals surface area contributed by atoms with Gasteiger partial charge in [-0.05, 0) is 13.8 Å². The van der Waals surface area contributed by atoms with Crippen LogP contribution in [0.3, 0.4) is 0 Å². The van der Waals surface area contributed by atoms with E-state index in [0.717, 1.165) is 13.1 Å². The van der Waals surface area contributed by atoms with Gasteiger partial charge in [-0.25, -0.2) is 0 Å². The maximum absolute atomic E-state index is 8.65. The molecule has 0 radical (unpaired) electrons. The van der Waals surface area contributed by atoms with Crippen LogP contribution in [-0.2, 0) is 0 Å². The third kappa shape index (κ3) is 4.77. The minimum Gasteiger partial charge on any atom is -0.390 e. The van der Waals surface area contributed by atoms with Crippen molar-refractivity contribution in [1.29, 1.82) is 0 Å². The average Bonchev–Trinajstić information content (AvgIpc) is 2.12. The van der Waals surface area contributed by atoms with Crippen molar-refractivity contribution in [2.75, 3.05) is 13.1 Å². The van der Waals surface area contributed by atoms with Crippen LogP contribution in [0.1, 0.15) is 13.8 Å². The first-order valence-corrected chi connectivity index (χ1v) is 4.44. The summed E-state index contributed by atoms with van der Waals surface area (Å²) in [5.74, 6) is 0. The summed E-state index contributed by atoms with van der Waals surface area (Å²) in [4.78, 5) is 0. The lowest BCUT2D eigenvalue weighted by Gasteiger charge is -2.30.